The van der Waals surface area contributed by atoms with E-state index in [2.05, 4.69) is 10.2 Å². The van der Waals surface area contributed by atoms with Crippen LogP contribution in [-0.4, -0.2) is 85.7 Å². The Bertz CT molecular complexity index is 1110. The molecule has 0 spiro atoms. The lowest BCUT2D eigenvalue weighted by Gasteiger charge is -2.36. The molecule has 0 bridgehead atoms. The molecule has 1 aromatic carbocycles. The summed E-state index contributed by atoms with van der Waals surface area (Å²) in [6, 6.07) is 8.62. The third-order valence-corrected chi connectivity index (χ3v) is 6.11. The second-order valence-electron chi connectivity index (χ2n) is 7.84. The summed E-state index contributed by atoms with van der Waals surface area (Å²) in [4.78, 5) is 42.5. The standard InChI is InChI=1S/C23H25ClN4O6/c1-33-23(32)16-14-28(10-11-29)22(31)20(16)25-15-4-5-18(17(24)13-15)26-6-8-27(9-7-26)21(30)19-3-2-12-34-19/h2-5,12-13,25,29H,6-11,14H2,1H3. The summed E-state index contributed by atoms with van der Waals surface area (Å²) in [6.45, 7) is 2.21. The van der Waals surface area contributed by atoms with E-state index in [-0.39, 0.29) is 36.9 Å². The van der Waals surface area contributed by atoms with Gasteiger partial charge in [0.2, 0.25) is 0 Å². The van der Waals surface area contributed by atoms with Crippen LogP contribution in [0.15, 0.2) is 52.3 Å². The van der Waals surface area contributed by atoms with Gasteiger partial charge in [-0.15, -0.1) is 0 Å². The molecular weight excluding hydrogens is 464 g/mol. The minimum Gasteiger partial charge on any atom is -0.466 e. The second kappa shape index (κ2) is 10.2. The molecule has 2 aliphatic heterocycles. The molecular formula is C23H25ClN4O6. The highest BCUT2D eigenvalue weighted by Gasteiger charge is 2.34. The van der Waals surface area contributed by atoms with Crippen molar-refractivity contribution in [3.05, 3.63) is 58.6 Å². The number of ether oxygens (including phenoxy) is 1. The van der Waals surface area contributed by atoms with Gasteiger partial charge in [-0.05, 0) is 30.3 Å². The summed E-state index contributed by atoms with van der Waals surface area (Å²) in [5.41, 5.74) is 1.64. The predicted octanol–water partition coefficient (Wildman–Crippen LogP) is 1.57. The van der Waals surface area contributed by atoms with Crippen molar-refractivity contribution in [2.24, 2.45) is 0 Å². The first-order valence-corrected chi connectivity index (χ1v) is 11.2. The molecule has 11 heteroatoms. The quantitative estimate of drug-likeness (QED) is 0.564. The van der Waals surface area contributed by atoms with Gasteiger partial charge in [0.05, 0.1) is 42.8 Å². The Morgan fingerprint density at radius 3 is 2.59 bits per heavy atom. The van der Waals surface area contributed by atoms with E-state index in [0.29, 0.717) is 42.6 Å². The maximum absolute atomic E-state index is 12.7. The van der Waals surface area contributed by atoms with Crippen molar-refractivity contribution in [3.63, 3.8) is 0 Å². The Labute approximate surface area is 201 Å². The van der Waals surface area contributed by atoms with E-state index in [1.54, 1.807) is 29.2 Å². The number of nitrogens with one attached hydrogen (secondary N) is 1. The fourth-order valence-corrected chi connectivity index (χ4v) is 4.34. The van der Waals surface area contributed by atoms with Crippen molar-refractivity contribution >= 4 is 40.8 Å². The van der Waals surface area contributed by atoms with Crippen LogP contribution >= 0.6 is 11.6 Å². The number of aliphatic hydroxyl groups excluding tert-OH is 1. The van der Waals surface area contributed by atoms with Gasteiger partial charge in [0.15, 0.2) is 5.76 Å². The molecule has 2 aliphatic rings. The maximum atomic E-state index is 12.7. The number of carbonyl (C=O) groups excluding carboxylic acids is 3. The number of furan rings is 1. The van der Waals surface area contributed by atoms with Crippen molar-refractivity contribution in [3.8, 4) is 0 Å². The van der Waals surface area contributed by atoms with Gasteiger partial charge in [0.25, 0.3) is 11.8 Å². The van der Waals surface area contributed by atoms with Gasteiger partial charge in [-0.3, -0.25) is 9.59 Å². The Morgan fingerprint density at radius 2 is 1.97 bits per heavy atom. The van der Waals surface area contributed by atoms with E-state index in [9.17, 15) is 19.5 Å². The molecule has 180 valence electrons. The summed E-state index contributed by atoms with van der Waals surface area (Å²) in [5, 5.41) is 12.6. The van der Waals surface area contributed by atoms with E-state index < -0.39 is 11.9 Å². The zero-order chi connectivity index (χ0) is 24.2. The SMILES string of the molecule is COC(=O)C1=C(Nc2ccc(N3CCN(C(=O)c4ccco4)CC3)c(Cl)c2)C(=O)N(CCO)C1. The lowest BCUT2D eigenvalue weighted by atomic mass is 10.2. The molecule has 10 nitrogen and oxygen atoms in total. The van der Waals surface area contributed by atoms with Crippen LogP contribution in [0.2, 0.25) is 5.02 Å². The molecule has 0 atom stereocenters. The summed E-state index contributed by atoms with van der Waals surface area (Å²) >= 11 is 6.56. The molecule has 1 saturated heterocycles. The minimum absolute atomic E-state index is 0.0568. The summed E-state index contributed by atoms with van der Waals surface area (Å²) in [5.74, 6) is -0.823. The number of rotatable bonds is 7. The number of hydrogen-bond donors (Lipinski definition) is 2. The highest BCUT2D eigenvalue weighted by atomic mass is 35.5. The maximum Gasteiger partial charge on any atom is 0.337 e. The molecule has 0 radical (unpaired) electrons. The molecule has 1 aromatic heterocycles. The number of halogens is 1. The lowest BCUT2D eigenvalue weighted by molar-refractivity contribution is -0.136. The first kappa shape index (κ1) is 23.7. The van der Waals surface area contributed by atoms with Crippen LogP contribution in [0.4, 0.5) is 11.4 Å². The van der Waals surface area contributed by atoms with E-state index in [4.69, 9.17) is 20.8 Å². The Morgan fingerprint density at radius 1 is 1.21 bits per heavy atom. The number of anilines is 2. The zero-order valence-electron chi connectivity index (χ0n) is 18.6. The van der Waals surface area contributed by atoms with Gasteiger partial charge in [-0.25, -0.2) is 4.79 Å². The Kier molecular flexibility index (Phi) is 7.09. The van der Waals surface area contributed by atoms with E-state index in [1.165, 1.54) is 18.3 Å². The lowest BCUT2D eigenvalue weighted by Crippen LogP contribution is -2.48. The molecule has 3 heterocycles. The number of β-amino-alcohol motifs (C(OH)–C–C–N with tert-alkyl or cyclic N) is 1. The molecule has 2 N–H and O–H groups in total. The third-order valence-electron chi connectivity index (χ3n) is 5.81. The second-order valence-corrected chi connectivity index (χ2v) is 8.25. The number of aliphatic hydroxyl groups is 1. The smallest absolute Gasteiger partial charge is 0.337 e. The highest BCUT2D eigenvalue weighted by Crippen LogP contribution is 2.31. The molecule has 0 unspecified atom stereocenters. The van der Waals surface area contributed by atoms with Crippen LogP contribution in [0, 0.1) is 0 Å². The monoisotopic (exact) mass is 488 g/mol. The number of esters is 1. The number of carbonyl (C=O) groups is 3. The fourth-order valence-electron chi connectivity index (χ4n) is 4.04. The largest absolute Gasteiger partial charge is 0.466 e. The Balaban J connectivity index is 1.45. The van der Waals surface area contributed by atoms with Crippen LogP contribution in [0.25, 0.3) is 0 Å². The van der Waals surface area contributed by atoms with E-state index in [0.717, 1.165) is 5.69 Å². The molecule has 2 amide bonds. The Hall–Kier alpha value is -3.50. The summed E-state index contributed by atoms with van der Waals surface area (Å²) < 4.78 is 10.0. The first-order valence-electron chi connectivity index (χ1n) is 10.8. The number of nitrogens with zero attached hydrogens (tertiary/aromatic N) is 3. The molecule has 1 fully saturated rings. The predicted molar refractivity (Wildman–Crippen MR) is 125 cm³/mol. The van der Waals surface area contributed by atoms with Crippen molar-refractivity contribution < 1.29 is 28.6 Å². The molecule has 2 aromatic rings. The fraction of sp³-hybridized carbons (Fsp3) is 0.348. The molecule has 0 saturated carbocycles. The first-order chi connectivity index (χ1) is 16.4. The molecule has 34 heavy (non-hydrogen) atoms. The van der Waals surface area contributed by atoms with Gasteiger partial charge in [-0.1, -0.05) is 11.6 Å². The average molecular weight is 489 g/mol. The van der Waals surface area contributed by atoms with Gasteiger partial charge >= 0.3 is 5.97 Å². The number of amides is 2. The zero-order valence-corrected chi connectivity index (χ0v) is 19.4. The van der Waals surface area contributed by atoms with Crippen molar-refractivity contribution in [1.82, 2.24) is 9.80 Å². The van der Waals surface area contributed by atoms with E-state index >= 15 is 0 Å². The number of methoxy groups -OCH3 is 1. The van der Waals surface area contributed by atoms with Crippen molar-refractivity contribution in [2.75, 3.05) is 63.2 Å². The van der Waals surface area contributed by atoms with E-state index in [1.807, 2.05) is 6.07 Å². The highest BCUT2D eigenvalue weighted by molar-refractivity contribution is 6.33. The van der Waals surface area contributed by atoms with Crippen LogP contribution in [0.3, 0.4) is 0 Å². The number of piperazine rings is 1. The molecule has 0 aliphatic carbocycles. The van der Waals surface area contributed by atoms with Gasteiger partial charge in [0, 0.05) is 38.4 Å². The number of benzene rings is 1. The summed E-state index contributed by atoms with van der Waals surface area (Å²) in [6.07, 6.45) is 1.48. The van der Waals surface area contributed by atoms with Crippen LogP contribution in [0.5, 0.6) is 0 Å². The van der Waals surface area contributed by atoms with Gasteiger partial charge in [0.1, 0.15) is 5.70 Å². The minimum atomic E-state index is -0.610. The normalized spacial score (nSPS) is 16.3. The van der Waals surface area contributed by atoms with Gasteiger partial charge < -0.3 is 34.3 Å². The molecule has 4 rings (SSSR count). The van der Waals surface area contributed by atoms with Crippen LogP contribution < -0.4 is 10.2 Å². The van der Waals surface area contributed by atoms with Crippen molar-refractivity contribution in [1.29, 1.82) is 0 Å². The topological polar surface area (TPSA) is 116 Å². The summed E-state index contributed by atoms with van der Waals surface area (Å²) in [7, 11) is 1.25. The van der Waals surface area contributed by atoms with Gasteiger partial charge in [-0.2, -0.15) is 0 Å². The average Bonchev–Trinajstić information content (AvgIpc) is 3.49. The number of hydrogen-bond acceptors (Lipinski definition) is 8. The van der Waals surface area contributed by atoms with Crippen LogP contribution in [-0.2, 0) is 14.3 Å². The third kappa shape index (κ3) is 4.73. The van der Waals surface area contributed by atoms with Crippen LogP contribution in [0.1, 0.15) is 10.6 Å². The van der Waals surface area contributed by atoms with Crippen molar-refractivity contribution in [2.45, 2.75) is 0 Å².